The van der Waals surface area contributed by atoms with E-state index in [-0.39, 0.29) is 12.4 Å². The van der Waals surface area contributed by atoms with Gasteiger partial charge < -0.3 is 5.73 Å². The van der Waals surface area contributed by atoms with Gasteiger partial charge in [0.1, 0.15) is 17.2 Å². The van der Waals surface area contributed by atoms with E-state index in [0.717, 1.165) is 5.56 Å². The van der Waals surface area contributed by atoms with Gasteiger partial charge >= 0.3 is 0 Å². The number of aromatic nitrogens is 3. The topological polar surface area (TPSA) is 56.7 Å². The summed E-state index contributed by atoms with van der Waals surface area (Å²) in [4.78, 5) is 0. The molecule has 3 aromatic rings. The van der Waals surface area contributed by atoms with E-state index in [9.17, 15) is 4.39 Å². The highest BCUT2D eigenvalue weighted by atomic mass is 35.5. The van der Waals surface area contributed by atoms with E-state index in [1.807, 2.05) is 12.1 Å². The second kappa shape index (κ2) is 5.63. The normalized spacial score (nSPS) is 10.8. The van der Waals surface area contributed by atoms with Gasteiger partial charge in [0.25, 0.3) is 0 Å². The van der Waals surface area contributed by atoms with Crippen LogP contribution in [0.2, 0.25) is 5.02 Å². The zero-order valence-electron chi connectivity index (χ0n) is 11.0. The van der Waals surface area contributed by atoms with Crippen LogP contribution in [0.4, 0.5) is 4.39 Å². The Labute approximate surface area is 126 Å². The molecule has 0 aliphatic heterocycles. The third kappa shape index (κ3) is 2.53. The Morgan fingerprint density at radius 3 is 2.67 bits per heavy atom. The lowest BCUT2D eigenvalue weighted by molar-refractivity contribution is 0.608. The molecule has 0 saturated carbocycles. The van der Waals surface area contributed by atoms with Gasteiger partial charge in [-0.1, -0.05) is 41.1 Å². The molecule has 1 heterocycles. The number of halogens is 2. The molecule has 0 radical (unpaired) electrons. The smallest absolute Gasteiger partial charge is 0.148 e. The maximum absolute atomic E-state index is 14.0. The van der Waals surface area contributed by atoms with Gasteiger partial charge in [-0.25, -0.2) is 9.07 Å². The Morgan fingerprint density at radius 2 is 1.95 bits per heavy atom. The Hall–Kier alpha value is -2.24. The van der Waals surface area contributed by atoms with Crippen LogP contribution < -0.4 is 5.73 Å². The Bertz CT molecular complexity index is 785. The zero-order valence-corrected chi connectivity index (χ0v) is 11.8. The summed E-state index contributed by atoms with van der Waals surface area (Å²) in [5.74, 6) is -0.380. The molecule has 0 amide bonds. The molecule has 0 bridgehead atoms. The van der Waals surface area contributed by atoms with Crippen molar-refractivity contribution in [1.82, 2.24) is 15.0 Å². The number of nitrogens with two attached hydrogens (primary N) is 1. The second-order valence-electron chi connectivity index (χ2n) is 4.46. The largest absolute Gasteiger partial charge is 0.325 e. The fraction of sp³-hybridized carbons (Fsp3) is 0.0667. The van der Waals surface area contributed by atoms with E-state index in [2.05, 4.69) is 10.3 Å². The molecule has 0 aliphatic rings. The Kier molecular flexibility index (Phi) is 3.68. The summed E-state index contributed by atoms with van der Waals surface area (Å²) in [7, 11) is 0. The van der Waals surface area contributed by atoms with Gasteiger partial charge in [0.05, 0.1) is 5.69 Å². The molecule has 0 unspecified atom stereocenters. The average molecular weight is 303 g/mol. The van der Waals surface area contributed by atoms with Gasteiger partial charge in [0.15, 0.2) is 0 Å². The molecule has 0 aliphatic carbocycles. The van der Waals surface area contributed by atoms with Crippen LogP contribution in [0.25, 0.3) is 16.9 Å². The minimum Gasteiger partial charge on any atom is -0.325 e. The lowest BCUT2D eigenvalue weighted by Gasteiger charge is -2.09. The highest BCUT2D eigenvalue weighted by Gasteiger charge is 2.17. The minimum absolute atomic E-state index is 0.205. The Balaban J connectivity index is 2.24. The number of rotatable bonds is 3. The number of benzene rings is 2. The predicted octanol–water partition coefficient (Wildman–Crippen LogP) is 3.19. The van der Waals surface area contributed by atoms with Gasteiger partial charge in [0, 0.05) is 17.1 Å². The van der Waals surface area contributed by atoms with Gasteiger partial charge in [-0.15, -0.1) is 5.10 Å². The lowest BCUT2D eigenvalue weighted by Crippen LogP contribution is -2.04. The first-order valence-corrected chi connectivity index (χ1v) is 6.74. The zero-order chi connectivity index (χ0) is 14.8. The summed E-state index contributed by atoms with van der Waals surface area (Å²) >= 11 is 6.03. The number of para-hydroxylation sites is 1. The number of hydrogen-bond acceptors (Lipinski definition) is 3. The van der Waals surface area contributed by atoms with E-state index < -0.39 is 0 Å². The van der Waals surface area contributed by atoms with Gasteiger partial charge in [0.2, 0.25) is 0 Å². The van der Waals surface area contributed by atoms with Gasteiger partial charge in [-0.05, 0) is 24.3 Å². The standard InChI is InChI=1S/C15H12ClFN4/c16-11-5-3-4-10(8-11)15-13(9-18)19-20-21(15)14-7-2-1-6-12(14)17/h1-8H,9,18H2. The molecule has 0 atom stereocenters. The highest BCUT2D eigenvalue weighted by Crippen LogP contribution is 2.28. The van der Waals surface area contributed by atoms with Gasteiger partial charge in [-0.2, -0.15) is 0 Å². The van der Waals surface area contributed by atoms with Crippen LogP contribution in [-0.4, -0.2) is 15.0 Å². The van der Waals surface area contributed by atoms with Crippen LogP contribution in [0.5, 0.6) is 0 Å². The monoisotopic (exact) mass is 302 g/mol. The molecule has 0 saturated heterocycles. The minimum atomic E-state index is -0.380. The van der Waals surface area contributed by atoms with Crippen LogP contribution in [-0.2, 0) is 6.54 Å². The van der Waals surface area contributed by atoms with Crippen molar-refractivity contribution >= 4 is 11.6 Å². The van der Waals surface area contributed by atoms with Crippen LogP contribution in [0, 0.1) is 5.82 Å². The third-order valence-corrected chi connectivity index (χ3v) is 3.35. The van der Waals surface area contributed by atoms with Crippen LogP contribution in [0.15, 0.2) is 48.5 Å². The van der Waals surface area contributed by atoms with Crippen LogP contribution in [0.1, 0.15) is 5.69 Å². The molecular weight excluding hydrogens is 291 g/mol. The fourth-order valence-electron chi connectivity index (χ4n) is 2.17. The van der Waals surface area contributed by atoms with Crippen molar-refractivity contribution in [3.05, 3.63) is 65.1 Å². The molecule has 0 spiro atoms. The predicted molar refractivity (Wildman–Crippen MR) is 79.7 cm³/mol. The third-order valence-electron chi connectivity index (χ3n) is 3.11. The maximum atomic E-state index is 14.0. The molecular formula is C15H12ClFN4. The maximum Gasteiger partial charge on any atom is 0.148 e. The van der Waals surface area contributed by atoms with E-state index in [4.69, 9.17) is 17.3 Å². The van der Waals surface area contributed by atoms with E-state index in [1.165, 1.54) is 10.7 Å². The SMILES string of the molecule is NCc1nnn(-c2ccccc2F)c1-c1cccc(Cl)c1. The summed E-state index contributed by atoms with van der Waals surface area (Å²) in [5.41, 5.74) is 8.05. The molecule has 2 N–H and O–H groups in total. The first-order chi connectivity index (χ1) is 10.2. The first-order valence-electron chi connectivity index (χ1n) is 6.36. The van der Waals surface area contributed by atoms with E-state index in [1.54, 1.807) is 30.3 Å². The molecule has 21 heavy (non-hydrogen) atoms. The van der Waals surface area contributed by atoms with Crippen molar-refractivity contribution in [1.29, 1.82) is 0 Å². The summed E-state index contributed by atoms with van der Waals surface area (Å²) in [5, 5.41) is 8.64. The van der Waals surface area contributed by atoms with Crippen molar-refractivity contribution in [3.8, 4) is 16.9 Å². The van der Waals surface area contributed by atoms with Crippen molar-refractivity contribution in [3.63, 3.8) is 0 Å². The summed E-state index contributed by atoms with van der Waals surface area (Å²) in [6, 6.07) is 13.6. The van der Waals surface area contributed by atoms with Crippen molar-refractivity contribution in [2.75, 3.05) is 0 Å². The summed E-state index contributed by atoms with van der Waals surface area (Å²) < 4.78 is 15.5. The van der Waals surface area contributed by atoms with Crippen molar-refractivity contribution in [2.45, 2.75) is 6.54 Å². The first kappa shape index (κ1) is 13.7. The summed E-state index contributed by atoms with van der Waals surface area (Å²) in [6.45, 7) is 0.205. The second-order valence-corrected chi connectivity index (χ2v) is 4.90. The van der Waals surface area contributed by atoms with E-state index >= 15 is 0 Å². The quantitative estimate of drug-likeness (QED) is 0.808. The molecule has 0 fully saturated rings. The highest BCUT2D eigenvalue weighted by molar-refractivity contribution is 6.30. The molecule has 2 aromatic carbocycles. The summed E-state index contributed by atoms with van der Waals surface area (Å²) in [6.07, 6.45) is 0. The molecule has 1 aromatic heterocycles. The Morgan fingerprint density at radius 1 is 1.14 bits per heavy atom. The average Bonchev–Trinajstić information content (AvgIpc) is 2.91. The number of nitrogens with zero attached hydrogens (tertiary/aromatic N) is 3. The van der Waals surface area contributed by atoms with E-state index in [0.29, 0.717) is 22.1 Å². The van der Waals surface area contributed by atoms with Crippen LogP contribution in [0.3, 0.4) is 0 Å². The molecule has 3 rings (SSSR count). The molecule has 4 nitrogen and oxygen atoms in total. The number of hydrogen-bond donors (Lipinski definition) is 1. The van der Waals surface area contributed by atoms with Crippen molar-refractivity contribution in [2.24, 2.45) is 5.73 Å². The van der Waals surface area contributed by atoms with Gasteiger partial charge in [-0.3, -0.25) is 0 Å². The lowest BCUT2D eigenvalue weighted by atomic mass is 10.1. The van der Waals surface area contributed by atoms with Crippen molar-refractivity contribution < 1.29 is 4.39 Å². The van der Waals surface area contributed by atoms with Crippen LogP contribution >= 0.6 is 11.6 Å². The fourth-order valence-corrected chi connectivity index (χ4v) is 2.36. The molecule has 106 valence electrons. The molecule has 6 heteroatoms.